The molecule has 18 heavy (non-hydrogen) atoms. The van der Waals surface area contributed by atoms with E-state index in [9.17, 15) is 4.39 Å². The van der Waals surface area contributed by atoms with Crippen LogP contribution in [-0.4, -0.2) is 15.0 Å². The van der Waals surface area contributed by atoms with Gasteiger partial charge in [0, 0.05) is 5.56 Å². The van der Waals surface area contributed by atoms with Crippen molar-refractivity contribution >= 4 is 23.4 Å². The number of nitrogens with zero attached hydrogens (tertiary/aromatic N) is 3. The first kappa shape index (κ1) is 11.3. The summed E-state index contributed by atoms with van der Waals surface area (Å²) in [5.41, 5.74) is 2.02. The van der Waals surface area contributed by atoms with E-state index >= 15 is 0 Å². The van der Waals surface area contributed by atoms with Crippen molar-refractivity contribution in [3.63, 3.8) is 0 Å². The van der Waals surface area contributed by atoms with Gasteiger partial charge in [-0.2, -0.15) is 0 Å². The largest absolute Gasteiger partial charge is 0.309 e. The highest BCUT2D eigenvalue weighted by Crippen LogP contribution is 2.27. The molecule has 0 aliphatic heterocycles. The number of hydrogen-bond donors (Lipinski definition) is 1. The Balaban J connectivity index is 1.89. The topological polar surface area (TPSA) is 50.7 Å². The van der Waals surface area contributed by atoms with Crippen LogP contribution in [0.25, 0.3) is 0 Å². The molecule has 6 heteroatoms. The van der Waals surface area contributed by atoms with Gasteiger partial charge in [-0.15, -0.1) is 0 Å². The fourth-order valence-electron chi connectivity index (χ4n) is 2.01. The third kappa shape index (κ3) is 2.13. The molecule has 2 heterocycles. The molecule has 0 saturated carbocycles. The SMILES string of the molecule is Fc1ccc(Nc2nc(Cl)c3c(n2)CCC3)nc1. The van der Waals surface area contributed by atoms with Crippen molar-refractivity contribution in [2.24, 2.45) is 0 Å². The first-order valence-corrected chi connectivity index (χ1v) is 6.04. The average Bonchev–Trinajstić information content (AvgIpc) is 2.81. The molecular formula is C12H10ClFN4. The van der Waals surface area contributed by atoms with Crippen LogP contribution in [0.1, 0.15) is 17.7 Å². The van der Waals surface area contributed by atoms with E-state index in [4.69, 9.17) is 11.6 Å². The van der Waals surface area contributed by atoms with Gasteiger partial charge in [0.25, 0.3) is 0 Å². The quantitative estimate of drug-likeness (QED) is 0.848. The highest BCUT2D eigenvalue weighted by Gasteiger charge is 2.18. The maximum absolute atomic E-state index is 12.7. The van der Waals surface area contributed by atoms with E-state index in [0.717, 1.165) is 36.7 Å². The molecule has 1 aliphatic carbocycles. The predicted octanol–water partition coefficient (Wildman–Crippen LogP) is 2.90. The molecule has 0 aromatic carbocycles. The summed E-state index contributed by atoms with van der Waals surface area (Å²) in [5.74, 6) is 0.513. The Morgan fingerprint density at radius 2 is 2.11 bits per heavy atom. The fraction of sp³-hybridized carbons (Fsp3) is 0.250. The Bertz CT molecular complexity index is 585. The number of aryl methyl sites for hydroxylation is 1. The smallest absolute Gasteiger partial charge is 0.230 e. The van der Waals surface area contributed by atoms with Crippen LogP contribution in [0.3, 0.4) is 0 Å². The minimum atomic E-state index is -0.381. The molecule has 1 N–H and O–H groups in total. The molecule has 0 fully saturated rings. The zero-order chi connectivity index (χ0) is 12.5. The molecule has 1 aliphatic rings. The van der Waals surface area contributed by atoms with Crippen LogP contribution >= 0.6 is 11.6 Å². The van der Waals surface area contributed by atoms with Crippen molar-refractivity contribution in [2.45, 2.75) is 19.3 Å². The van der Waals surface area contributed by atoms with Crippen molar-refractivity contribution in [1.82, 2.24) is 15.0 Å². The van der Waals surface area contributed by atoms with E-state index in [0.29, 0.717) is 16.9 Å². The number of aromatic nitrogens is 3. The average molecular weight is 265 g/mol. The van der Waals surface area contributed by atoms with Crippen molar-refractivity contribution in [3.05, 3.63) is 40.6 Å². The Labute approximate surface area is 108 Å². The molecule has 0 spiro atoms. The molecule has 4 nitrogen and oxygen atoms in total. The highest BCUT2D eigenvalue weighted by atomic mass is 35.5. The Morgan fingerprint density at radius 1 is 1.22 bits per heavy atom. The molecular weight excluding hydrogens is 255 g/mol. The molecule has 2 aromatic heterocycles. The van der Waals surface area contributed by atoms with Crippen LogP contribution in [0.5, 0.6) is 0 Å². The van der Waals surface area contributed by atoms with Gasteiger partial charge in [-0.25, -0.2) is 19.3 Å². The second-order valence-corrected chi connectivity index (χ2v) is 4.46. The van der Waals surface area contributed by atoms with Gasteiger partial charge >= 0.3 is 0 Å². The van der Waals surface area contributed by atoms with Crippen molar-refractivity contribution in [1.29, 1.82) is 0 Å². The maximum atomic E-state index is 12.7. The van der Waals surface area contributed by atoms with E-state index in [-0.39, 0.29) is 5.82 Å². The zero-order valence-electron chi connectivity index (χ0n) is 9.45. The van der Waals surface area contributed by atoms with Crippen LogP contribution in [-0.2, 0) is 12.8 Å². The monoisotopic (exact) mass is 264 g/mol. The number of halogens is 2. The summed E-state index contributed by atoms with van der Waals surface area (Å²) in [4.78, 5) is 12.5. The number of fused-ring (bicyclic) bond motifs is 1. The number of pyridine rings is 1. The Morgan fingerprint density at radius 3 is 2.89 bits per heavy atom. The lowest BCUT2D eigenvalue weighted by atomic mass is 10.3. The Kier molecular flexibility index (Phi) is 2.83. The Hall–Kier alpha value is -1.75. The number of anilines is 2. The maximum Gasteiger partial charge on any atom is 0.230 e. The minimum Gasteiger partial charge on any atom is -0.309 e. The van der Waals surface area contributed by atoms with E-state index in [1.807, 2.05) is 0 Å². The molecule has 0 unspecified atom stereocenters. The van der Waals surface area contributed by atoms with E-state index in [1.54, 1.807) is 0 Å². The second kappa shape index (κ2) is 4.49. The van der Waals surface area contributed by atoms with Crippen molar-refractivity contribution in [2.75, 3.05) is 5.32 Å². The molecule has 3 rings (SSSR count). The van der Waals surface area contributed by atoms with Crippen molar-refractivity contribution < 1.29 is 4.39 Å². The standard InChI is InChI=1S/C12H10ClFN4/c13-11-8-2-1-3-9(8)16-12(18-11)17-10-5-4-7(14)6-15-10/h4-6H,1-3H2,(H,15,16,17,18). The third-order valence-electron chi connectivity index (χ3n) is 2.85. The summed E-state index contributed by atoms with van der Waals surface area (Å²) in [6.45, 7) is 0. The van der Waals surface area contributed by atoms with Gasteiger partial charge in [0.2, 0.25) is 5.95 Å². The summed E-state index contributed by atoms with van der Waals surface area (Å²) in [7, 11) is 0. The zero-order valence-corrected chi connectivity index (χ0v) is 10.2. The van der Waals surface area contributed by atoms with Gasteiger partial charge in [-0.1, -0.05) is 11.6 Å². The van der Waals surface area contributed by atoms with Crippen LogP contribution in [0.15, 0.2) is 18.3 Å². The molecule has 0 saturated heterocycles. The van der Waals surface area contributed by atoms with Gasteiger partial charge in [-0.3, -0.25) is 0 Å². The van der Waals surface area contributed by atoms with E-state index in [2.05, 4.69) is 20.3 Å². The van der Waals surface area contributed by atoms with E-state index in [1.165, 1.54) is 12.1 Å². The normalized spacial score (nSPS) is 13.4. The lowest BCUT2D eigenvalue weighted by Gasteiger charge is -2.07. The highest BCUT2D eigenvalue weighted by molar-refractivity contribution is 6.30. The van der Waals surface area contributed by atoms with Gasteiger partial charge in [0.1, 0.15) is 16.8 Å². The first-order valence-electron chi connectivity index (χ1n) is 5.66. The predicted molar refractivity (Wildman–Crippen MR) is 66.5 cm³/mol. The second-order valence-electron chi connectivity index (χ2n) is 4.10. The number of nitrogens with one attached hydrogen (secondary N) is 1. The fourth-order valence-corrected chi connectivity index (χ4v) is 2.29. The lowest BCUT2D eigenvalue weighted by molar-refractivity contribution is 0.622. The van der Waals surface area contributed by atoms with Crippen LogP contribution in [0.4, 0.5) is 16.2 Å². The summed E-state index contributed by atoms with van der Waals surface area (Å²) in [6, 6.07) is 2.85. The molecule has 0 radical (unpaired) electrons. The van der Waals surface area contributed by atoms with Crippen LogP contribution in [0.2, 0.25) is 5.15 Å². The molecule has 92 valence electrons. The van der Waals surface area contributed by atoms with Gasteiger partial charge in [0.15, 0.2) is 0 Å². The van der Waals surface area contributed by atoms with Gasteiger partial charge < -0.3 is 5.32 Å². The molecule has 0 atom stereocenters. The van der Waals surface area contributed by atoms with Crippen LogP contribution in [0, 0.1) is 5.82 Å². The number of hydrogen-bond acceptors (Lipinski definition) is 4. The number of rotatable bonds is 2. The van der Waals surface area contributed by atoms with Crippen LogP contribution < -0.4 is 5.32 Å². The van der Waals surface area contributed by atoms with Crippen molar-refractivity contribution in [3.8, 4) is 0 Å². The molecule has 0 bridgehead atoms. The minimum absolute atomic E-state index is 0.381. The van der Waals surface area contributed by atoms with Gasteiger partial charge in [-0.05, 0) is 31.4 Å². The first-order chi connectivity index (χ1) is 8.72. The summed E-state index contributed by atoms with van der Waals surface area (Å²) in [5, 5.41) is 3.41. The molecule has 0 amide bonds. The third-order valence-corrected chi connectivity index (χ3v) is 3.16. The van der Waals surface area contributed by atoms with E-state index < -0.39 is 0 Å². The van der Waals surface area contributed by atoms with Gasteiger partial charge in [0.05, 0.1) is 11.9 Å². The summed E-state index contributed by atoms with van der Waals surface area (Å²) < 4.78 is 12.7. The summed E-state index contributed by atoms with van der Waals surface area (Å²) >= 11 is 6.09. The summed E-state index contributed by atoms with van der Waals surface area (Å²) in [6.07, 6.45) is 4.05. The lowest BCUT2D eigenvalue weighted by Crippen LogP contribution is -2.02. The molecule has 2 aromatic rings.